The first-order chi connectivity index (χ1) is 19.9. The van der Waals surface area contributed by atoms with Crippen molar-refractivity contribution in [2.45, 2.75) is 10.4 Å². The molecule has 0 bridgehead atoms. The van der Waals surface area contributed by atoms with E-state index in [0.717, 1.165) is 11.8 Å². The number of nitrogens with zero attached hydrogens (tertiary/aromatic N) is 6. The van der Waals surface area contributed by atoms with Crippen molar-refractivity contribution in [3.05, 3.63) is 41.4 Å². The number of methoxy groups -OCH3 is 3. The van der Waals surface area contributed by atoms with Crippen LogP contribution in [0, 0.1) is 0 Å². The number of benzene rings is 2. The molecule has 1 aliphatic rings. The number of amides is 2. The lowest BCUT2D eigenvalue weighted by Crippen LogP contribution is -2.37. The van der Waals surface area contributed by atoms with Crippen molar-refractivity contribution in [1.29, 1.82) is 0 Å². The SMILES string of the molecule is COc1cc(-c2nnc(Sc3nc(NC(=O)Nc4ccc(Cl)cc4)nc(N4CCOCC4)n3)o2)cc(OC)c1OC. The van der Waals surface area contributed by atoms with Gasteiger partial charge in [0, 0.05) is 41.1 Å². The summed E-state index contributed by atoms with van der Waals surface area (Å²) in [5, 5.41) is 14.6. The quantitative estimate of drug-likeness (QED) is 0.281. The summed E-state index contributed by atoms with van der Waals surface area (Å²) in [4.78, 5) is 28.0. The van der Waals surface area contributed by atoms with Crippen LogP contribution in [0.1, 0.15) is 0 Å². The monoisotopic (exact) mass is 600 g/mol. The van der Waals surface area contributed by atoms with Gasteiger partial charge in [-0.05, 0) is 36.4 Å². The van der Waals surface area contributed by atoms with Crippen LogP contribution >= 0.6 is 23.4 Å². The van der Waals surface area contributed by atoms with Crippen molar-refractivity contribution >= 4 is 47.0 Å². The van der Waals surface area contributed by atoms with E-state index in [9.17, 15) is 4.79 Å². The largest absolute Gasteiger partial charge is 0.493 e. The van der Waals surface area contributed by atoms with Crippen molar-refractivity contribution in [1.82, 2.24) is 25.1 Å². The lowest BCUT2D eigenvalue weighted by atomic mass is 10.2. The first-order valence-electron chi connectivity index (χ1n) is 12.2. The molecule has 214 valence electrons. The number of carbonyl (C=O) groups is 1. The van der Waals surface area contributed by atoms with Crippen molar-refractivity contribution in [3.63, 3.8) is 0 Å². The molecule has 2 aromatic heterocycles. The maximum atomic E-state index is 12.7. The zero-order valence-corrected chi connectivity index (χ0v) is 23.8. The number of halogens is 1. The van der Waals surface area contributed by atoms with Gasteiger partial charge in [-0.25, -0.2) is 4.79 Å². The van der Waals surface area contributed by atoms with Crippen LogP contribution in [0.5, 0.6) is 17.2 Å². The molecule has 0 saturated carbocycles. The Bertz CT molecular complexity index is 1490. The fraction of sp³-hybridized carbons (Fsp3) is 0.280. The number of aromatic nitrogens is 5. The maximum Gasteiger partial charge on any atom is 0.326 e. The number of urea groups is 1. The van der Waals surface area contributed by atoms with Crippen molar-refractivity contribution in [2.75, 3.05) is 63.2 Å². The smallest absolute Gasteiger partial charge is 0.326 e. The Morgan fingerprint density at radius 2 is 1.66 bits per heavy atom. The summed E-state index contributed by atoms with van der Waals surface area (Å²) in [5.74, 6) is 1.95. The highest BCUT2D eigenvalue weighted by Crippen LogP contribution is 2.41. The van der Waals surface area contributed by atoms with E-state index in [1.165, 1.54) is 21.3 Å². The zero-order valence-electron chi connectivity index (χ0n) is 22.2. The average molecular weight is 601 g/mol. The molecule has 0 spiro atoms. The summed E-state index contributed by atoms with van der Waals surface area (Å²) in [7, 11) is 4.56. The molecule has 2 aromatic carbocycles. The second-order valence-electron chi connectivity index (χ2n) is 8.32. The topological polar surface area (TPSA) is 159 Å². The summed E-state index contributed by atoms with van der Waals surface area (Å²) < 4.78 is 27.5. The summed E-state index contributed by atoms with van der Waals surface area (Å²) in [5.41, 5.74) is 1.11. The Morgan fingerprint density at radius 1 is 0.951 bits per heavy atom. The molecule has 3 heterocycles. The van der Waals surface area contributed by atoms with Gasteiger partial charge in [0.2, 0.25) is 28.7 Å². The number of carbonyl (C=O) groups excluding carboxylic acids is 1. The summed E-state index contributed by atoms with van der Waals surface area (Å²) in [6.45, 7) is 2.21. The van der Waals surface area contributed by atoms with Gasteiger partial charge in [0.15, 0.2) is 11.5 Å². The summed E-state index contributed by atoms with van der Waals surface area (Å²) in [6, 6.07) is 9.55. The van der Waals surface area contributed by atoms with Crippen molar-refractivity contribution in [3.8, 4) is 28.7 Å². The normalized spacial score (nSPS) is 13.0. The van der Waals surface area contributed by atoms with Crippen LogP contribution in [-0.4, -0.2) is 78.8 Å². The molecule has 16 heteroatoms. The highest BCUT2D eigenvalue weighted by Gasteiger charge is 2.21. The van der Waals surface area contributed by atoms with E-state index in [0.29, 0.717) is 65.8 Å². The minimum atomic E-state index is -0.537. The molecule has 1 saturated heterocycles. The van der Waals surface area contributed by atoms with Crippen LogP contribution < -0.4 is 29.7 Å². The minimum absolute atomic E-state index is 0.0415. The van der Waals surface area contributed by atoms with Crippen LogP contribution in [0.15, 0.2) is 51.2 Å². The molecule has 0 atom stereocenters. The lowest BCUT2D eigenvalue weighted by molar-refractivity contribution is 0.122. The van der Waals surface area contributed by atoms with Crippen molar-refractivity contribution in [2.24, 2.45) is 0 Å². The van der Waals surface area contributed by atoms with E-state index in [4.69, 9.17) is 35.0 Å². The summed E-state index contributed by atoms with van der Waals surface area (Å²) in [6.07, 6.45) is 0. The fourth-order valence-corrected chi connectivity index (χ4v) is 4.54. The van der Waals surface area contributed by atoms with Gasteiger partial charge in [0.1, 0.15) is 0 Å². The maximum absolute atomic E-state index is 12.7. The first kappa shape index (κ1) is 28.2. The van der Waals surface area contributed by atoms with E-state index in [1.54, 1.807) is 36.4 Å². The van der Waals surface area contributed by atoms with Crippen molar-refractivity contribution < 1.29 is 28.2 Å². The zero-order chi connectivity index (χ0) is 28.8. The molecular formula is C25H25ClN8O6S. The molecule has 0 unspecified atom stereocenters. The predicted molar refractivity (Wildman–Crippen MR) is 150 cm³/mol. The molecular weight excluding hydrogens is 576 g/mol. The minimum Gasteiger partial charge on any atom is -0.493 e. The van der Waals surface area contributed by atoms with Gasteiger partial charge in [0.25, 0.3) is 5.22 Å². The third-order valence-corrected chi connectivity index (χ3v) is 6.68. The van der Waals surface area contributed by atoms with Gasteiger partial charge >= 0.3 is 6.03 Å². The highest BCUT2D eigenvalue weighted by atomic mass is 35.5. The summed E-state index contributed by atoms with van der Waals surface area (Å²) >= 11 is 6.95. The highest BCUT2D eigenvalue weighted by molar-refractivity contribution is 7.98. The Kier molecular flexibility index (Phi) is 8.86. The average Bonchev–Trinajstić information content (AvgIpc) is 3.46. The Hall–Kier alpha value is -4.34. The third-order valence-electron chi connectivity index (χ3n) is 5.72. The Morgan fingerprint density at radius 3 is 2.32 bits per heavy atom. The molecule has 1 aliphatic heterocycles. The molecule has 5 rings (SSSR count). The molecule has 0 aliphatic carbocycles. The standard InChI is InChI=1S/C25H25ClN8O6S/c1-36-17-12-14(13-18(37-2)19(17)38-3)20-32-33-25(40-20)41-24-30-21(28-22(31-24)34-8-10-39-11-9-34)29-23(35)27-16-6-4-15(26)5-7-16/h4-7,12-13H,8-11H2,1-3H3,(H2,27,28,29,30,31,35). The van der Waals surface area contributed by atoms with E-state index in [1.807, 2.05) is 4.90 Å². The lowest BCUT2D eigenvalue weighted by Gasteiger charge is -2.26. The second-order valence-corrected chi connectivity index (χ2v) is 9.67. The molecule has 2 amide bonds. The molecule has 41 heavy (non-hydrogen) atoms. The van der Waals surface area contributed by atoms with E-state index < -0.39 is 6.03 Å². The van der Waals surface area contributed by atoms with Gasteiger partial charge in [0.05, 0.1) is 34.5 Å². The number of ether oxygens (including phenoxy) is 4. The number of hydrogen-bond acceptors (Lipinski definition) is 13. The fourth-order valence-electron chi connectivity index (χ4n) is 3.80. The molecule has 4 aromatic rings. The Labute approximate surface area is 243 Å². The third kappa shape index (κ3) is 6.87. The van der Waals surface area contributed by atoms with E-state index in [2.05, 4.69) is 35.8 Å². The van der Waals surface area contributed by atoms with Gasteiger partial charge in [-0.15, -0.1) is 10.2 Å². The second kappa shape index (κ2) is 12.9. The number of rotatable bonds is 9. The Balaban J connectivity index is 1.39. The van der Waals surface area contributed by atoms with E-state index in [-0.39, 0.29) is 22.2 Å². The predicted octanol–water partition coefficient (Wildman–Crippen LogP) is 4.23. The van der Waals surface area contributed by atoms with Crippen LogP contribution in [0.2, 0.25) is 5.02 Å². The number of morpholine rings is 1. The van der Waals surface area contributed by atoms with Crippen LogP contribution in [-0.2, 0) is 4.74 Å². The number of anilines is 3. The van der Waals surface area contributed by atoms with Crippen LogP contribution in [0.4, 0.5) is 22.4 Å². The molecule has 2 N–H and O–H groups in total. The van der Waals surface area contributed by atoms with Crippen LogP contribution in [0.25, 0.3) is 11.5 Å². The number of nitrogens with one attached hydrogen (secondary N) is 2. The molecule has 0 radical (unpaired) electrons. The van der Waals surface area contributed by atoms with Gasteiger partial charge in [-0.1, -0.05) is 11.6 Å². The molecule has 14 nitrogen and oxygen atoms in total. The van der Waals surface area contributed by atoms with E-state index >= 15 is 0 Å². The van der Waals surface area contributed by atoms with Crippen LogP contribution in [0.3, 0.4) is 0 Å². The molecule has 1 fully saturated rings. The van der Waals surface area contributed by atoms with Gasteiger partial charge in [-0.2, -0.15) is 15.0 Å². The van der Waals surface area contributed by atoms with Gasteiger partial charge in [-0.3, -0.25) is 5.32 Å². The van der Waals surface area contributed by atoms with Gasteiger partial charge < -0.3 is 33.6 Å². The number of hydrogen-bond donors (Lipinski definition) is 2. The first-order valence-corrected chi connectivity index (χ1v) is 13.4.